The number of rotatable bonds is 4. The maximum atomic E-state index is 13.5. The second kappa shape index (κ2) is 6.20. The monoisotopic (exact) mass is 316 g/mol. The maximum Gasteiger partial charge on any atom is 0.198 e. The van der Waals surface area contributed by atoms with E-state index in [9.17, 15) is 9.50 Å². The van der Waals surface area contributed by atoms with Crippen LogP contribution in [-0.4, -0.2) is 22.8 Å². The lowest BCUT2D eigenvalue weighted by atomic mass is 10.1. The summed E-state index contributed by atoms with van der Waals surface area (Å²) in [6.45, 7) is 0.438. The second-order valence-electron chi connectivity index (χ2n) is 4.95. The normalized spacial score (nSPS) is 11.5. The molecule has 112 valence electrons. The molecule has 22 heavy (non-hydrogen) atoms. The molecule has 1 heterocycles. The Kier molecular flexibility index (Phi) is 4.11. The van der Waals surface area contributed by atoms with E-state index < -0.39 is 0 Å². The van der Waals surface area contributed by atoms with Gasteiger partial charge in [-0.3, -0.25) is 4.99 Å². The number of aromatic nitrogens is 1. The van der Waals surface area contributed by atoms with Crippen LogP contribution in [-0.2, 0) is 6.42 Å². The molecule has 0 spiro atoms. The fourth-order valence-electron chi connectivity index (χ4n) is 2.34. The predicted molar refractivity (Wildman–Crippen MR) is 87.5 cm³/mol. The Balaban J connectivity index is 1.77. The fourth-order valence-corrected chi connectivity index (χ4v) is 2.52. The molecule has 0 aliphatic carbocycles. The third kappa shape index (κ3) is 2.97. The average molecular weight is 317 g/mol. The van der Waals surface area contributed by atoms with Crippen molar-refractivity contribution in [1.29, 1.82) is 0 Å². The number of aromatic amines is 1. The standard InChI is InChI=1S/C17H14ClFN2O/c18-12-5-6-16-13(9-12)14(17(22)21-16)10-20-8-7-11-3-1-2-4-15(11)19/h1-6,9-10,21-22H,7-8H2. The lowest BCUT2D eigenvalue weighted by molar-refractivity contribution is 0.457. The van der Waals surface area contributed by atoms with Gasteiger partial charge in [-0.2, -0.15) is 0 Å². The van der Waals surface area contributed by atoms with E-state index in [-0.39, 0.29) is 11.7 Å². The van der Waals surface area contributed by atoms with Crippen molar-refractivity contribution in [2.45, 2.75) is 6.42 Å². The van der Waals surface area contributed by atoms with Crippen molar-refractivity contribution in [1.82, 2.24) is 4.98 Å². The summed E-state index contributed by atoms with van der Waals surface area (Å²) in [6.07, 6.45) is 2.10. The lowest BCUT2D eigenvalue weighted by Crippen LogP contribution is -1.94. The van der Waals surface area contributed by atoms with E-state index in [0.717, 1.165) is 10.9 Å². The molecule has 0 unspecified atom stereocenters. The highest BCUT2D eigenvalue weighted by molar-refractivity contribution is 6.31. The van der Waals surface area contributed by atoms with E-state index in [2.05, 4.69) is 9.98 Å². The summed E-state index contributed by atoms with van der Waals surface area (Å²) in [5.41, 5.74) is 2.01. The quantitative estimate of drug-likeness (QED) is 0.692. The zero-order valence-electron chi connectivity index (χ0n) is 11.7. The predicted octanol–water partition coefficient (Wildman–Crippen LogP) is 4.33. The van der Waals surface area contributed by atoms with Crippen LogP contribution in [0.2, 0.25) is 5.02 Å². The van der Waals surface area contributed by atoms with Crippen molar-refractivity contribution in [2.75, 3.05) is 6.54 Å². The molecule has 0 atom stereocenters. The summed E-state index contributed by atoms with van der Waals surface area (Å²) in [7, 11) is 0. The van der Waals surface area contributed by atoms with Crippen molar-refractivity contribution < 1.29 is 9.50 Å². The van der Waals surface area contributed by atoms with Crippen LogP contribution in [0, 0.1) is 5.82 Å². The molecule has 0 bridgehead atoms. The van der Waals surface area contributed by atoms with Gasteiger partial charge in [0.1, 0.15) is 5.82 Å². The molecule has 2 aromatic carbocycles. The van der Waals surface area contributed by atoms with Crippen LogP contribution in [0.25, 0.3) is 10.9 Å². The van der Waals surface area contributed by atoms with Crippen molar-refractivity contribution in [3.63, 3.8) is 0 Å². The average Bonchev–Trinajstić information content (AvgIpc) is 2.81. The zero-order chi connectivity index (χ0) is 15.5. The molecule has 0 amide bonds. The van der Waals surface area contributed by atoms with Gasteiger partial charge in [0, 0.05) is 28.7 Å². The molecule has 1 aromatic heterocycles. The fraction of sp³-hybridized carbons (Fsp3) is 0.118. The molecule has 0 saturated carbocycles. The van der Waals surface area contributed by atoms with Crippen LogP contribution in [0.5, 0.6) is 5.88 Å². The van der Waals surface area contributed by atoms with Gasteiger partial charge >= 0.3 is 0 Å². The van der Waals surface area contributed by atoms with E-state index in [0.29, 0.717) is 29.1 Å². The molecule has 2 N–H and O–H groups in total. The number of halogens is 2. The Morgan fingerprint density at radius 2 is 2.05 bits per heavy atom. The zero-order valence-corrected chi connectivity index (χ0v) is 12.4. The summed E-state index contributed by atoms with van der Waals surface area (Å²) < 4.78 is 13.5. The van der Waals surface area contributed by atoms with E-state index in [4.69, 9.17) is 11.6 Å². The third-order valence-electron chi connectivity index (χ3n) is 3.47. The van der Waals surface area contributed by atoms with Gasteiger partial charge in [0.2, 0.25) is 0 Å². The summed E-state index contributed by atoms with van der Waals surface area (Å²) >= 11 is 5.98. The highest BCUT2D eigenvalue weighted by atomic mass is 35.5. The Morgan fingerprint density at radius 1 is 1.23 bits per heavy atom. The molecule has 5 heteroatoms. The Bertz CT molecular complexity index is 842. The van der Waals surface area contributed by atoms with Gasteiger partial charge < -0.3 is 10.1 Å². The molecular formula is C17H14ClFN2O. The smallest absolute Gasteiger partial charge is 0.198 e. The van der Waals surface area contributed by atoms with Crippen LogP contribution < -0.4 is 0 Å². The first kappa shape index (κ1) is 14.6. The number of H-pyrrole nitrogens is 1. The van der Waals surface area contributed by atoms with Gasteiger partial charge in [-0.25, -0.2) is 4.39 Å². The molecule has 3 aromatic rings. The van der Waals surface area contributed by atoms with Crippen molar-refractivity contribution >= 4 is 28.7 Å². The van der Waals surface area contributed by atoms with Crippen molar-refractivity contribution in [3.8, 4) is 5.88 Å². The number of fused-ring (bicyclic) bond motifs is 1. The number of nitrogens with zero attached hydrogens (tertiary/aromatic N) is 1. The van der Waals surface area contributed by atoms with E-state index >= 15 is 0 Å². The Labute approximate surface area is 132 Å². The van der Waals surface area contributed by atoms with Gasteiger partial charge in [0.05, 0.1) is 5.56 Å². The number of aliphatic imine (C=N–C) groups is 1. The van der Waals surface area contributed by atoms with Gasteiger partial charge in [-0.1, -0.05) is 29.8 Å². The largest absolute Gasteiger partial charge is 0.494 e. The van der Waals surface area contributed by atoms with Crippen LogP contribution in [0.3, 0.4) is 0 Å². The highest BCUT2D eigenvalue weighted by Gasteiger charge is 2.09. The van der Waals surface area contributed by atoms with Crippen LogP contribution in [0.15, 0.2) is 47.5 Å². The topological polar surface area (TPSA) is 48.4 Å². The molecule has 3 nitrogen and oxygen atoms in total. The number of nitrogens with one attached hydrogen (secondary N) is 1. The van der Waals surface area contributed by atoms with Crippen LogP contribution in [0.4, 0.5) is 4.39 Å². The number of hydrogen-bond donors (Lipinski definition) is 2. The van der Waals surface area contributed by atoms with E-state index in [1.54, 1.807) is 42.6 Å². The maximum absolute atomic E-state index is 13.5. The van der Waals surface area contributed by atoms with E-state index in [1.807, 2.05) is 0 Å². The van der Waals surface area contributed by atoms with Crippen LogP contribution in [0.1, 0.15) is 11.1 Å². The minimum atomic E-state index is -0.223. The summed E-state index contributed by atoms with van der Waals surface area (Å²) in [5.74, 6) is -0.175. The first-order valence-electron chi connectivity index (χ1n) is 6.88. The Hall–Kier alpha value is -2.33. The van der Waals surface area contributed by atoms with Gasteiger partial charge in [-0.05, 0) is 36.2 Å². The van der Waals surface area contributed by atoms with Crippen molar-refractivity contribution in [2.24, 2.45) is 4.99 Å². The van der Waals surface area contributed by atoms with Gasteiger partial charge in [0.15, 0.2) is 5.88 Å². The first-order chi connectivity index (χ1) is 10.6. The highest BCUT2D eigenvalue weighted by Crippen LogP contribution is 2.28. The SMILES string of the molecule is Oc1[nH]c2ccc(Cl)cc2c1C=NCCc1ccccc1F. The summed E-state index contributed by atoms with van der Waals surface area (Å²) in [6, 6.07) is 12.0. The second-order valence-corrected chi connectivity index (χ2v) is 5.39. The Morgan fingerprint density at radius 3 is 2.86 bits per heavy atom. The number of hydrogen-bond acceptors (Lipinski definition) is 2. The molecule has 3 rings (SSSR count). The summed E-state index contributed by atoms with van der Waals surface area (Å²) in [4.78, 5) is 7.14. The molecular weight excluding hydrogens is 303 g/mol. The van der Waals surface area contributed by atoms with Gasteiger partial charge in [-0.15, -0.1) is 0 Å². The lowest BCUT2D eigenvalue weighted by Gasteiger charge is -1.99. The molecule has 0 saturated heterocycles. The number of benzene rings is 2. The molecule has 0 aliphatic rings. The third-order valence-corrected chi connectivity index (χ3v) is 3.70. The minimum Gasteiger partial charge on any atom is -0.494 e. The minimum absolute atomic E-state index is 0.0481. The summed E-state index contributed by atoms with van der Waals surface area (Å²) in [5, 5.41) is 11.3. The van der Waals surface area contributed by atoms with E-state index in [1.165, 1.54) is 6.07 Å². The van der Waals surface area contributed by atoms with Gasteiger partial charge in [0.25, 0.3) is 0 Å². The molecule has 0 aliphatic heterocycles. The molecule has 0 radical (unpaired) electrons. The van der Waals surface area contributed by atoms with Crippen molar-refractivity contribution in [3.05, 3.63) is 64.4 Å². The molecule has 0 fully saturated rings. The number of aromatic hydroxyl groups is 1. The first-order valence-corrected chi connectivity index (χ1v) is 7.26. The van der Waals surface area contributed by atoms with Crippen LogP contribution >= 0.6 is 11.6 Å².